The third-order valence-corrected chi connectivity index (χ3v) is 2.75. The van der Waals surface area contributed by atoms with Gasteiger partial charge in [0.15, 0.2) is 0 Å². The van der Waals surface area contributed by atoms with Gasteiger partial charge in [-0.25, -0.2) is 0 Å². The average molecular weight is 254 g/mol. The molecule has 1 fully saturated rings. The van der Waals surface area contributed by atoms with E-state index in [1.807, 2.05) is 0 Å². The molecule has 0 atom stereocenters. The van der Waals surface area contributed by atoms with Crippen LogP contribution in [0.15, 0.2) is 0 Å². The molecule has 1 aliphatic heterocycles. The van der Waals surface area contributed by atoms with Gasteiger partial charge in [0.1, 0.15) is 0 Å². The lowest BCUT2D eigenvalue weighted by atomic mass is 10.1. The summed E-state index contributed by atoms with van der Waals surface area (Å²) in [5.41, 5.74) is 0. The monoisotopic (exact) mass is 254 g/mol. The van der Waals surface area contributed by atoms with Gasteiger partial charge in [0, 0.05) is 6.04 Å². The number of halogens is 3. The molecule has 0 radical (unpaired) electrons. The lowest BCUT2D eigenvalue weighted by Crippen LogP contribution is -2.46. The fraction of sp³-hybridized carbons (Fsp3) is 0.900. The van der Waals surface area contributed by atoms with Crippen molar-refractivity contribution >= 4 is 5.97 Å². The van der Waals surface area contributed by atoms with Crippen LogP contribution < -0.4 is 5.32 Å². The summed E-state index contributed by atoms with van der Waals surface area (Å²) in [5.74, 6) is -0.359. The second-order valence-corrected chi connectivity index (χ2v) is 4.12. The Morgan fingerprint density at radius 3 is 2.47 bits per heavy atom. The Hall–Kier alpha value is -0.820. The molecule has 0 amide bonds. The zero-order chi connectivity index (χ0) is 12.9. The van der Waals surface area contributed by atoms with Gasteiger partial charge < -0.3 is 10.1 Å². The van der Waals surface area contributed by atoms with E-state index in [4.69, 9.17) is 0 Å². The van der Waals surface area contributed by atoms with Crippen LogP contribution in [0.5, 0.6) is 0 Å². The molecule has 1 aliphatic rings. The van der Waals surface area contributed by atoms with Crippen molar-refractivity contribution in [3.05, 3.63) is 0 Å². The van der Waals surface area contributed by atoms with E-state index in [0.29, 0.717) is 25.9 Å². The molecule has 1 N–H and O–H groups in total. The first-order chi connectivity index (χ1) is 7.90. The Kier molecular flexibility index (Phi) is 5.20. The highest BCUT2D eigenvalue weighted by atomic mass is 19.4. The normalized spacial score (nSPS) is 19.3. The van der Waals surface area contributed by atoms with Crippen molar-refractivity contribution in [3.63, 3.8) is 0 Å². The van der Waals surface area contributed by atoms with Crippen LogP contribution in [0, 0.1) is 0 Å². The Bertz CT molecular complexity index is 250. The maximum atomic E-state index is 12.1. The second-order valence-electron chi connectivity index (χ2n) is 4.12. The highest BCUT2D eigenvalue weighted by Crippen LogP contribution is 2.19. The maximum absolute atomic E-state index is 12.1. The molecule has 0 saturated carbocycles. The van der Waals surface area contributed by atoms with E-state index in [-0.39, 0.29) is 18.6 Å². The molecule has 0 bridgehead atoms. The van der Waals surface area contributed by atoms with Crippen LogP contribution in [0.2, 0.25) is 0 Å². The van der Waals surface area contributed by atoms with Crippen LogP contribution in [0.4, 0.5) is 13.2 Å². The van der Waals surface area contributed by atoms with Gasteiger partial charge in [-0.15, -0.1) is 0 Å². The second kappa shape index (κ2) is 6.20. The Labute approximate surface area is 98.1 Å². The van der Waals surface area contributed by atoms with Crippen LogP contribution in [0.25, 0.3) is 0 Å². The van der Waals surface area contributed by atoms with E-state index < -0.39 is 12.7 Å². The first-order valence-electron chi connectivity index (χ1n) is 5.50. The molecule has 1 rings (SSSR count). The number of alkyl halides is 3. The highest BCUT2D eigenvalue weighted by molar-refractivity contribution is 5.71. The summed E-state index contributed by atoms with van der Waals surface area (Å²) in [6, 6.07) is 0.0959. The predicted octanol–water partition coefficient (Wildman–Crippen LogP) is 0.776. The zero-order valence-corrected chi connectivity index (χ0v) is 9.72. The molecule has 17 heavy (non-hydrogen) atoms. The number of likely N-dealkylation sites (tertiary alicyclic amines) is 1. The third kappa shape index (κ3) is 5.88. The van der Waals surface area contributed by atoms with Crippen molar-refractivity contribution in [1.29, 1.82) is 0 Å². The van der Waals surface area contributed by atoms with Gasteiger partial charge in [-0.1, -0.05) is 0 Å². The predicted molar refractivity (Wildman–Crippen MR) is 55.5 cm³/mol. The fourth-order valence-corrected chi connectivity index (χ4v) is 1.85. The summed E-state index contributed by atoms with van der Waals surface area (Å²) in [6.07, 6.45) is -2.90. The highest BCUT2D eigenvalue weighted by Gasteiger charge is 2.32. The Morgan fingerprint density at radius 1 is 1.41 bits per heavy atom. The number of piperidine rings is 1. The summed E-state index contributed by atoms with van der Waals surface area (Å²) in [6.45, 7) is 0.0634. The zero-order valence-electron chi connectivity index (χ0n) is 9.72. The molecule has 1 saturated heterocycles. The van der Waals surface area contributed by atoms with Gasteiger partial charge in [-0.3, -0.25) is 9.69 Å². The van der Waals surface area contributed by atoms with Crippen molar-refractivity contribution in [2.24, 2.45) is 0 Å². The number of nitrogens with zero attached hydrogens (tertiary/aromatic N) is 1. The number of methoxy groups -OCH3 is 1. The quantitative estimate of drug-likeness (QED) is 0.753. The van der Waals surface area contributed by atoms with E-state index in [1.165, 1.54) is 12.0 Å². The molecular formula is C10H17F3N2O2. The van der Waals surface area contributed by atoms with Crippen LogP contribution in [0.1, 0.15) is 12.8 Å². The number of esters is 1. The number of carbonyl (C=O) groups is 1. The maximum Gasteiger partial charge on any atom is 0.401 e. The van der Waals surface area contributed by atoms with Gasteiger partial charge in [-0.05, 0) is 25.9 Å². The molecule has 100 valence electrons. The van der Waals surface area contributed by atoms with Crippen molar-refractivity contribution < 1.29 is 22.7 Å². The van der Waals surface area contributed by atoms with Gasteiger partial charge in [-0.2, -0.15) is 13.2 Å². The summed E-state index contributed by atoms with van der Waals surface area (Å²) >= 11 is 0. The summed E-state index contributed by atoms with van der Waals surface area (Å²) < 4.78 is 40.8. The standard InChI is InChI=1S/C10H17F3N2O2/c1-17-9(16)6-14-8-2-4-15(5-3-8)7-10(11,12)13/h8,14H,2-7H2,1H3. The molecule has 7 heteroatoms. The number of ether oxygens (including phenoxy) is 1. The van der Waals surface area contributed by atoms with Crippen molar-refractivity contribution in [2.45, 2.75) is 25.1 Å². The van der Waals surface area contributed by atoms with E-state index in [2.05, 4.69) is 10.1 Å². The van der Waals surface area contributed by atoms with E-state index in [9.17, 15) is 18.0 Å². The first-order valence-corrected chi connectivity index (χ1v) is 5.50. The molecule has 0 aromatic rings. The van der Waals surface area contributed by atoms with Crippen molar-refractivity contribution in [1.82, 2.24) is 10.2 Å². The molecule has 0 aliphatic carbocycles. The van der Waals surface area contributed by atoms with E-state index >= 15 is 0 Å². The van der Waals surface area contributed by atoms with Crippen LogP contribution in [0.3, 0.4) is 0 Å². The van der Waals surface area contributed by atoms with E-state index in [1.54, 1.807) is 0 Å². The van der Waals surface area contributed by atoms with Crippen LogP contribution in [-0.4, -0.2) is 56.4 Å². The fourth-order valence-electron chi connectivity index (χ4n) is 1.85. The molecule has 4 nitrogen and oxygen atoms in total. The van der Waals surface area contributed by atoms with Gasteiger partial charge in [0.2, 0.25) is 0 Å². The topological polar surface area (TPSA) is 41.6 Å². The van der Waals surface area contributed by atoms with Crippen molar-refractivity contribution in [3.8, 4) is 0 Å². The molecule has 0 spiro atoms. The number of hydrogen-bond acceptors (Lipinski definition) is 4. The SMILES string of the molecule is COC(=O)CNC1CCN(CC(F)(F)F)CC1. The minimum absolute atomic E-state index is 0.0959. The smallest absolute Gasteiger partial charge is 0.401 e. The summed E-state index contributed by atoms with van der Waals surface area (Å²) in [7, 11) is 1.30. The van der Waals surface area contributed by atoms with Gasteiger partial charge >= 0.3 is 12.1 Å². The lowest BCUT2D eigenvalue weighted by Gasteiger charge is -2.32. The largest absolute Gasteiger partial charge is 0.468 e. The number of hydrogen-bond donors (Lipinski definition) is 1. The van der Waals surface area contributed by atoms with Gasteiger partial charge in [0.25, 0.3) is 0 Å². The van der Waals surface area contributed by atoms with Crippen molar-refractivity contribution in [2.75, 3.05) is 33.3 Å². The molecule has 1 heterocycles. The molecule has 0 unspecified atom stereocenters. The molecular weight excluding hydrogens is 237 g/mol. The van der Waals surface area contributed by atoms with Crippen LogP contribution >= 0.6 is 0 Å². The number of nitrogens with one attached hydrogen (secondary N) is 1. The van der Waals surface area contributed by atoms with E-state index in [0.717, 1.165) is 0 Å². The lowest BCUT2D eigenvalue weighted by molar-refractivity contribution is -0.148. The Balaban J connectivity index is 2.19. The summed E-state index contributed by atoms with van der Waals surface area (Å²) in [5, 5.41) is 2.97. The average Bonchev–Trinajstić information content (AvgIpc) is 2.25. The Morgan fingerprint density at radius 2 is 2.00 bits per heavy atom. The minimum Gasteiger partial charge on any atom is -0.468 e. The number of rotatable bonds is 4. The molecule has 0 aromatic heterocycles. The minimum atomic E-state index is -4.13. The summed E-state index contributed by atoms with van der Waals surface area (Å²) in [4.78, 5) is 12.2. The molecule has 0 aromatic carbocycles. The van der Waals surface area contributed by atoms with Crippen LogP contribution in [-0.2, 0) is 9.53 Å². The number of carbonyl (C=O) groups excluding carboxylic acids is 1. The van der Waals surface area contributed by atoms with Gasteiger partial charge in [0.05, 0.1) is 20.2 Å². The first kappa shape index (κ1) is 14.2. The third-order valence-electron chi connectivity index (χ3n) is 2.75.